The van der Waals surface area contributed by atoms with E-state index in [1.807, 2.05) is 13.8 Å². The lowest BCUT2D eigenvalue weighted by molar-refractivity contribution is -0.160. The van der Waals surface area contributed by atoms with Crippen molar-refractivity contribution in [2.75, 3.05) is 39.6 Å². The summed E-state index contributed by atoms with van der Waals surface area (Å²) < 4.78 is 27.0. The summed E-state index contributed by atoms with van der Waals surface area (Å²) in [6, 6.07) is 0. The minimum atomic E-state index is -1.20. The van der Waals surface area contributed by atoms with Gasteiger partial charge < -0.3 is 28.8 Å². The molecule has 9 nitrogen and oxygen atoms in total. The first-order valence-electron chi connectivity index (χ1n) is 10.5. The van der Waals surface area contributed by atoms with Gasteiger partial charge in [0.15, 0.2) is 6.29 Å². The summed E-state index contributed by atoms with van der Waals surface area (Å²) in [6.45, 7) is 17.2. The second-order valence-electron chi connectivity index (χ2n) is 7.57. The summed E-state index contributed by atoms with van der Waals surface area (Å²) in [6.07, 6.45) is 4.09. The molecule has 9 heteroatoms. The number of carbonyl (C=O) groups is 3. The molecule has 0 aliphatic heterocycles. The third-order valence-electron chi connectivity index (χ3n) is 5.14. The van der Waals surface area contributed by atoms with Crippen LogP contribution in [-0.2, 0) is 38.1 Å². The van der Waals surface area contributed by atoms with E-state index < -0.39 is 35.0 Å². The Morgan fingerprint density at radius 2 is 1.09 bits per heavy atom. The van der Waals surface area contributed by atoms with Crippen LogP contribution in [-0.4, -0.2) is 68.9 Å². The highest BCUT2D eigenvalue weighted by molar-refractivity contribution is 5.82. The molecule has 2 atom stereocenters. The summed E-state index contributed by atoms with van der Waals surface area (Å²) in [5.41, 5.74) is -1.63. The molecule has 33 heavy (non-hydrogen) atoms. The van der Waals surface area contributed by atoms with E-state index in [1.165, 1.54) is 6.08 Å². The van der Waals surface area contributed by atoms with Crippen molar-refractivity contribution in [1.82, 2.24) is 0 Å². The predicted molar refractivity (Wildman–Crippen MR) is 122 cm³/mol. The number of carbonyl (C=O) groups excluding carboxylic acids is 3. The number of rotatable bonds is 19. The first-order valence-corrected chi connectivity index (χ1v) is 10.5. The van der Waals surface area contributed by atoms with Crippen LogP contribution < -0.4 is 0 Å². The van der Waals surface area contributed by atoms with E-state index in [9.17, 15) is 19.5 Å². The van der Waals surface area contributed by atoms with Crippen molar-refractivity contribution in [2.45, 2.75) is 33.0 Å². The van der Waals surface area contributed by atoms with E-state index >= 15 is 0 Å². The molecule has 0 radical (unpaired) electrons. The summed E-state index contributed by atoms with van der Waals surface area (Å²) in [7, 11) is 0. The van der Waals surface area contributed by atoms with E-state index in [4.69, 9.17) is 23.7 Å². The summed E-state index contributed by atoms with van der Waals surface area (Å²) in [5, 5.41) is 9.71. The highest BCUT2D eigenvalue weighted by Gasteiger charge is 2.36. The van der Waals surface area contributed by atoms with E-state index in [0.717, 1.165) is 18.2 Å². The first kappa shape index (κ1) is 30.2. The Balaban J connectivity index is 5.48. The Bertz CT molecular complexity index is 661. The highest BCUT2D eigenvalue weighted by Crippen LogP contribution is 2.29. The average molecular weight is 469 g/mol. The number of hydrogen-bond donors (Lipinski definition) is 1. The third-order valence-corrected chi connectivity index (χ3v) is 5.14. The van der Waals surface area contributed by atoms with Crippen molar-refractivity contribution in [2.24, 2.45) is 10.8 Å². The van der Waals surface area contributed by atoms with Gasteiger partial charge in [-0.3, -0.25) is 0 Å². The summed E-state index contributed by atoms with van der Waals surface area (Å²) in [5.74, 6) is -1.84. The molecule has 0 aromatic rings. The molecule has 0 rings (SSSR count). The smallest absolute Gasteiger partial charge is 0.330 e. The van der Waals surface area contributed by atoms with Gasteiger partial charge in [-0.1, -0.05) is 40.2 Å². The van der Waals surface area contributed by atoms with Gasteiger partial charge in [0, 0.05) is 18.2 Å². The number of aliphatic hydroxyl groups excluding tert-OH is 1. The van der Waals surface area contributed by atoms with Gasteiger partial charge in [-0.15, -0.1) is 0 Å². The molecule has 0 saturated heterocycles. The SMILES string of the molecule is C=CC(=O)OCC(CC)(COCC(CC)(COC(=O)C=C)COC(O)C=C)COC(=O)C=C. The number of esters is 3. The molecule has 2 unspecified atom stereocenters. The second-order valence-corrected chi connectivity index (χ2v) is 7.57. The first-order chi connectivity index (χ1) is 15.6. The molecule has 0 amide bonds. The highest BCUT2D eigenvalue weighted by atomic mass is 16.6. The number of ether oxygens (including phenoxy) is 5. The monoisotopic (exact) mass is 468 g/mol. The fourth-order valence-electron chi connectivity index (χ4n) is 2.53. The van der Waals surface area contributed by atoms with Gasteiger partial charge in [0.2, 0.25) is 0 Å². The Morgan fingerprint density at radius 1 is 0.727 bits per heavy atom. The molecule has 0 fully saturated rings. The lowest BCUT2D eigenvalue weighted by Gasteiger charge is -2.35. The van der Waals surface area contributed by atoms with Crippen LogP contribution in [0.3, 0.4) is 0 Å². The molecule has 0 saturated carbocycles. The van der Waals surface area contributed by atoms with Gasteiger partial charge in [-0.25, -0.2) is 14.4 Å². The van der Waals surface area contributed by atoms with Gasteiger partial charge >= 0.3 is 17.9 Å². The molecule has 0 heterocycles. The van der Waals surface area contributed by atoms with Crippen LogP contribution in [0.5, 0.6) is 0 Å². The maximum absolute atomic E-state index is 11.6. The molecule has 0 aliphatic rings. The van der Waals surface area contributed by atoms with Crippen molar-refractivity contribution in [3.8, 4) is 0 Å². The Kier molecular flexibility index (Phi) is 14.6. The molecular formula is C24H36O9. The Hall–Kier alpha value is -2.75. The van der Waals surface area contributed by atoms with Gasteiger partial charge in [0.05, 0.1) is 30.7 Å². The summed E-state index contributed by atoms with van der Waals surface area (Å²) >= 11 is 0. The van der Waals surface area contributed by atoms with E-state index in [1.54, 1.807) is 0 Å². The minimum Gasteiger partial charge on any atom is -0.462 e. The molecule has 0 spiro atoms. The molecule has 0 aromatic carbocycles. The zero-order valence-electron chi connectivity index (χ0n) is 19.6. The standard InChI is InChI=1S/C24H36O9/c1-7-19(25)30-15-23(11-5,16-31-20(26)8-2)13-29-14-24(12-6,17-32-21(27)9-3)18-33-22(28)10-4/h7-10,19,25H,1-4,11-18H2,5-6H3. The second kappa shape index (κ2) is 16.0. The van der Waals surface area contributed by atoms with Crippen molar-refractivity contribution in [3.63, 3.8) is 0 Å². The zero-order chi connectivity index (χ0) is 25.3. The van der Waals surface area contributed by atoms with Crippen LogP contribution in [0.2, 0.25) is 0 Å². The number of hydrogen-bond acceptors (Lipinski definition) is 9. The topological polar surface area (TPSA) is 118 Å². The minimum absolute atomic E-state index is 0.0110. The fraction of sp³-hybridized carbons (Fsp3) is 0.542. The maximum Gasteiger partial charge on any atom is 0.330 e. The van der Waals surface area contributed by atoms with Crippen molar-refractivity contribution < 1.29 is 43.2 Å². The Labute approximate surface area is 195 Å². The van der Waals surface area contributed by atoms with E-state index in [-0.39, 0.29) is 39.6 Å². The predicted octanol–water partition coefficient (Wildman–Crippen LogP) is 2.50. The van der Waals surface area contributed by atoms with Gasteiger partial charge in [-0.2, -0.15) is 0 Å². The zero-order valence-corrected chi connectivity index (χ0v) is 19.6. The van der Waals surface area contributed by atoms with Crippen LogP contribution in [0.1, 0.15) is 26.7 Å². The van der Waals surface area contributed by atoms with E-state index in [2.05, 4.69) is 26.3 Å². The summed E-state index contributed by atoms with van der Waals surface area (Å²) in [4.78, 5) is 34.8. The third kappa shape index (κ3) is 11.6. The molecular weight excluding hydrogens is 432 g/mol. The maximum atomic E-state index is 11.6. The molecule has 0 aliphatic carbocycles. The van der Waals surface area contributed by atoms with E-state index in [0.29, 0.717) is 12.8 Å². The van der Waals surface area contributed by atoms with Crippen LogP contribution in [0, 0.1) is 10.8 Å². The van der Waals surface area contributed by atoms with Crippen LogP contribution >= 0.6 is 0 Å². The van der Waals surface area contributed by atoms with Crippen molar-refractivity contribution >= 4 is 17.9 Å². The molecule has 1 N–H and O–H groups in total. The fourth-order valence-corrected chi connectivity index (χ4v) is 2.53. The van der Waals surface area contributed by atoms with Crippen LogP contribution in [0.25, 0.3) is 0 Å². The molecule has 186 valence electrons. The van der Waals surface area contributed by atoms with Gasteiger partial charge in [0.25, 0.3) is 0 Å². The Morgan fingerprint density at radius 3 is 1.39 bits per heavy atom. The normalized spacial score (nSPS) is 13.7. The van der Waals surface area contributed by atoms with Crippen molar-refractivity contribution in [1.29, 1.82) is 0 Å². The molecule has 0 bridgehead atoms. The quantitative estimate of drug-likeness (QED) is 0.100. The lowest BCUT2D eigenvalue weighted by atomic mass is 9.86. The van der Waals surface area contributed by atoms with Crippen molar-refractivity contribution in [3.05, 3.63) is 50.6 Å². The van der Waals surface area contributed by atoms with Gasteiger partial charge in [0.1, 0.15) is 19.8 Å². The average Bonchev–Trinajstić information content (AvgIpc) is 2.85. The molecule has 0 aromatic heterocycles. The number of aliphatic hydroxyl groups is 1. The van der Waals surface area contributed by atoms with Gasteiger partial charge in [-0.05, 0) is 18.9 Å². The lowest BCUT2D eigenvalue weighted by Crippen LogP contribution is -2.42. The van der Waals surface area contributed by atoms with Crippen LogP contribution in [0.4, 0.5) is 0 Å². The largest absolute Gasteiger partial charge is 0.462 e. The van der Waals surface area contributed by atoms with Crippen LogP contribution in [0.15, 0.2) is 50.6 Å².